The summed E-state index contributed by atoms with van der Waals surface area (Å²) in [6, 6.07) is 9.95. The van der Waals surface area contributed by atoms with Gasteiger partial charge >= 0.3 is 0 Å². The summed E-state index contributed by atoms with van der Waals surface area (Å²) in [5, 5.41) is 1.65. The number of ketones is 1. The fraction of sp³-hybridized carbons (Fsp3) is 0. The third kappa shape index (κ3) is 2.35. The summed E-state index contributed by atoms with van der Waals surface area (Å²) < 4.78 is 5.51. The fourth-order valence-electron chi connectivity index (χ4n) is 1.81. The number of hydrogen-bond donors (Lipinski definition) is 0. The third-order valence-corrected chi connectivity index (χ3v) is 3.13. The summed E-state index contributed by atoms with van der Waals surface area (Å²) >= 11 is 11.7. The van der Waals surface area contributed by atoms with E-state index in [1.165, 1.54) is 12.3 Å². The molecule has 2 heterocycles. The average Bonchev–Trinajstić information content (AvgIpc) is 2.80. The second-order valence-corrected chi connectivity index (χ2v) is 4.81. The molecule has 0 N–H and O–H groups in total. The van der Waals surface area contributed by atoms with Gasteiger partial charge in [0.1, 0.15) is 10.7 Å². The molecule has 0 bridgehead atoms. The van der Waals surface area contributed by atoms with Crippen LogP contribution in [0.15, 0.2) is 47.0 Å². The van der Waals surface area contributed by atoms with Crippen LogP contribution < -0.4 is 0 Å². The highest BCUT2D eigenvalue weighted by molar-refractivity contribution is 6.31. The smallest absolute Gasteiger partial charge is 0.228 e. The molecule has 94 valence electrons. The van der Waals surface area contributed by atoms with Gasteiger partial charge in [0.25, 0.3) is 0 Å². The number of carbonyl (C=O) groups excluding carboxylic acids is 1. The maximum Gasteiger partial charge on any atom is 0.228 e. The summed E-state index contributed by atoms with van der Waals surface area (Å²) in [5.74, 6) is 0.0103. The standard InChI is InChI=1S/C14H7Cl2NO2/c15-10-1-2-11-9(5-10)6-12(19-11)14(18)8-3-4-17-13(16)7-8/h1-7H. The summed E-state index contributed by atoms with van der Waals surface area (Å²) in [4.78, 5) is 16.1. The van der Waals surface area contributed by atoms with Crippen LogP contribution >= 0.6 is 23.2 Å². The highest BCUT2D eigenvalue weighted by Gasteiger charge is 2.15. The Kier molecular flexibility index (Phi) is 3.01. The normalized spacial score (nSPS) is 10.8. The lowest BCUT2D eigenvalue weighted by Gasteiger charge is -1.96. The van der Waals surface area contributed by atoms with Crippen molar-refractivity contribution in [1.29, 1.82) is 0 Å². The largest absolute Gasteiger partial charge is 0.453 e. The van der Waals surface area contributed by atoms with Crippen molar-refractivity contribution in [2.75, 3.05) is 0 Å². The van der Waals surface area contributed by atoms with Gasteiger partial charge in [-0.15, -0.1) is 0 Å². The number of nitrogens with zero attached hydrogens (tertiary/aromatic N) is 1. The van der Waals surface area contributed by atoms with Crippen molar-refractivity contribution >= 4 is 40.0 Å². The van der Waals surface area contributed by atoms with Gasteiger partial charge in [0, 0.05) is 22.2 Å². The van der Waals surface area contributed by atoms with Crippen molar-refractivity contribution in [1.82, 2.24) is 4.98 Å². The Bertz CT molecular complexity index is 780. The number of halogens is 2. The van der Waals surface area contributed by atoms with E-state index in [9.17, 15) is 4.79 Å². The second-order valence-electron chi connectivity index (χ2n) is 3.99. The van der Waals surface area contributed by atoms with E-state index in [1.54, 1.807) is 30.3 Å². The summed E-state index contributed by atoms with van der Waals surface area (Å²) in [5.41, 5.74) is 1.05. The van der Waals surface area contributed by atoms with Gasteiger partial charge in [-0.2, -0.15) is 0 Å². The topological polar surface area (TPSA) is 43.1 Å². The van der Waals surface area contributed by atoms with Crippen molar-refractivity contribution < 1.29 is 9.21 Å². The Morgan fingerprint density at radius 1 is 1.11 bits per heavy atom. The van der Waals surface area contributed by atoms with Crippen molar-refractivity contribution in [2.24, 2.45) is 0 Å². The van der Waals surface area contributed by atoms with E-state index in [2.05, 4.69) is 4.98 Å². The van der Waals surface area contributed by atoms with Crippen LogP contribution in [-0.4, -0.2) is 10.8 Å². The first-order valence-electron chi connectivity index (χ1n) is 5.49. The monoisotopic (exact) mass is 291 g/mol. The lowest BCUT2D eigenvalue weighted by molar-refractivity contribution is 0.101. The van der Waals surface area contributed by atoms with Gasteiger partial charge < -0.3 is 4.42 Å². The molecular weight excluding hydrogens is 285 g/mol. The van der Waals surface area contributed by atoms with Crippen LogP contribution in [0.5, 0.6) is 0 Å². The maximum atomic E-state index is 12.2. The van der Waals surface area contributed by atoms with E-state index in [0.29, 0.717) is 16.2 Å². The van der Waals surface area contributed by atoms with Crippen LogP contribution in [0.2, 0.25) is 10.2 Å². The van der Waals surface area contributed by atoms with E-state index in [-0.39, 0.29) is 16.7 Å². The van der Waals surface area contributed by atoms with Gasteiger partial charge in [-0.3, -0.25) is 4.79 Å². The first kappa shape index (κ1) is 12.2. The number of hydrogen-bond acceptors (Lipinski definition) is 3. The zero-order valence-electron chi connectivity index (χ0n) is 9.56. The SMILES string of the molecule is O=C(c1ccnc(Cl)c1)c1cc2cc(Cl)ccc2o1. The Morgan fingerprint density at radius 3 is 2.74 bits per heavy atom. The molecule has 3 nitrogen and oxygen atoms in total. The fourth-order valence-corrected chi connectivity index (χ4v) is 2.17. The lowest BCUT2D eigenvalue weighted by atomic mass is 10.1. The predicted octanol–water partition coefficient (Wildman–Crippen LogP) is 4.37. The first-order valence-corrected chi connectivity index (χ1v) is 6.24. The highest BCUT2D eigenvalue weighted by atomic mass is 35.5. The van der Waals surface area contributed by atoms with Crippen LogP contribution in [0.4, 0.5) is 0 Å². The number of carbonyl (C=O) groups is 1. The van der Waals surface area contributed by atoms with Crippen molar-refractivity contribution in [3.05, 3.63) is 64.1 Å². The molecule has 0 amide bonds. The number of aromatic nitrogens is 1. The second kappa shape index (κ2) is 4.68. The van der Waals surface area contributed by atoms with Gasteiger partial charge in [0.05, 0.1) is 0 Å². The molecule has 0 aliphatic carbocycles. The molecule has 2 aromatic heterocycles. The average molecular weight is 292 g/mol. The number of rotatable bonds is 2. The maximum absolute atomic E-state index is 12.2. The number of pyridine rings is 1. The van der Waals surface area contributed by atoms with Gasteiger partial charge in [-0.25, -0.2) is 4.98 Å². The Balaban J connectivity index is 2.06. The molecule has 3 aromatic rings. The molecule has 19 heavy (non-hydrogen) atoms. The van der Waals surface area contributed by atoms with Gasteiger partial charge in [0.2, 0.25) is 5.78 Å². The van der Waals surface area contributed by atoms with Gasteiger partial charge in [0.15, 0.2) is 5.76 Å². The third-order valence-electron chi connectivity index (χ3n) is 2.69. The van der Waals surface area contributed by atoms with E-state index >= 15 is 0 Å². The Morgan fingerprint density at radius 2 is 1.95 bits per heavy atom. The number of furan rings is 1. The van der Waals surface area contributed by atoms with Crippen LogP contribution in [0, 0.1) is 0 Å². The minimum atomic E-state index is -0.239. The molecule has 0 aliphatic heterocycles. The first-order chi connectivity index (χ1) is 9.13. The van der Waals surface area contributed by atoms with Crippen molar-refractivity contribution in [3.8, 4) is 0 Å². The van der Waals surface area contributed by atoms with Crippen LogP contribution in [0.1, 0.15) is 16.1 Å². The zero-order chi connectivity index (χ0) is 13.4. The summed E-state index contributed by atoms with van der Waals surface area (Å²) in [7, 11) is 0. The molecule has 3 rings (SSSR count). The molecule has 0 unspecified atom stereocenters. The minimum Gasteiger partial charge on any atom is -0.453 e. The van der Waals surface area contributed by atoms with Crippen LogP contribution in [0.25, 0.3) is 11.0 Å². The molecule has 0 spiro atoms. The highest BCUT2D eigenvalue weighted by Crippen LogP contribution is 2.24. The quantitative estimate of drug-likeness (QED) is 0.520. The molecule has 1 aromatic carbocycles. The Labute approximate surface area is 118 Å². The Hall–Kier alpha value is -1.84. The molecule has 5 heteroatoms. The van der Waals surface area contributed by atoms with Gasteiger partial charge in [-0.1, -0.05) is 23.2 Å². The lowest BCUT2D eigenvalue weighted by Crippen LogP contribution is -1.99. The van der Waals surface area contributed by atoms with Crippen molar-refractivity contribution in [3.63, 3.8) is 0 Å². The molecule has 0 saturated heterocycles. The van der Waals surface area contributed by atoms with E-state index in [1.807, 2.05) is 0 Å². The van der Waals surface area contributed by atoms with Gasteiger partial charge in [-0.05, 0) is 36.4 Å². The zero-order valence-corrected chi connectivity index (χ0v) is 11.1. The van der Waals surface area contributed by atoms with E-state index < -0.39 is 0 Å². The summed E-state index contributed by atoms with van der Waals surface area (Å²) in [6.07, 6.45) is 1.48. The molecular formula is C14H7Cl2NO2. The summed E-state index contributed by atoms with van der Waals surface area (Å²) in [6.45, 7) is 0. The molecule has 0 fully saturated rings. The number of benzene rings is 1. The minimum absolute atomic E-state index is 0.239. The number of fused-ring (bicyclic) bond motifs is 1. The molecule has 0 radical (unpaired) electrons. The molecule has 0 aliphatic rings. The van der Waals surface area contributed by atoms with E-state index in [0.717, 1.165) is 5.39 Å². The van der Waals surface area contributed by atoms with E-state index in [4.69, 9.17) is 27.6 Å². The molecule has 0 saturated carbocycles. The van der Waals surface area contributed by atoms with Crippen LogP contribution in [0.3, 0.4) is 0 Å². The van der Waals surface area contributed by atoms with Crippen molar-refractivity contribution in [2.45, 2.75) is 0 Å². The van der Waals surface area contributed by atoms with Crippen LogP contribution in [-0.2, 0) is 0 Å². The predicted molar refractivity (Wildman–Crippen MR) is 73.9 cm³/mol. The molecule has 0 atom stereocenters.